The average molecular weight is 313 g/mol. The third-order valence-electron chi connectivity index (χ3n) is 2.95. The smallest absolute Gasteiger partial charge is 0.310 e. The molecule has 4 nitrogen and oxygen atoms in total. The highest BCUT2D eigenvalue weighted by molar-refractivity contribution is 7.87. The number of hydrogen-bond donors (Lipinski definition) is 1. The topological polar surface area (TPSA) is 55.4 Å². The summed E-state index contributed by atoms with van der Waals surface area (Å²) in [7, 11) is -3.57. The van der Waals surface area contributed by atoms with Crippen molar-refractivity contribution in [1.82, 2.24) is 5.32 Å². The van der Waals surface area contributed by atoms with E-state index in [9.17, 15) is 8.42 Å². The highest BCUT2D eigenvalue weighted by Gasteiger charge is 2.17. The van der Waals surface area contributed by atoms with E-state index in [1.807, 2.05) is 32.9 Å². The van der Waals surface area contributed by atoms with Crippen molar-refractivity contribution in [1.29, 1.82) is 0 Å². The molecule has 0 spiro atoms. The van der Waals surface area contributed by atoms with Gasteiger partial charge in [-0.15, -0.1) is 0 Å². The van der Waals surface area contributed by atoms with E-state index in [0.717, 1.165) is 5.56 Å². The number of rotatable bonds is 5. The van der Waals surface area contributed by atoms with Gasteiger partial charge in [0.15, 0.2) is 0 Å². The minimum Gasteiger partial charge on any atom is -0.382 e. The van der Waals surface area contributed by atoms with Crippen molar-refractivity contribution in [3.63, 3.8) is 0 Å². The van der Waals surface area contributed by atoms with Crippen LogP contribution >= 0.6 is 0 Å². The number of benzene rings is 1. The molecule has 0 fully saturated rings. The van der Waals surface area contributed by atoms with Crippen molar-refractivity contribution < 1.29 is 12.6 Å². The zero-order valence-corrected chi connectivity index (χ0v) is 14.7. The van der Waals surface area contributed by atoms with Gasteiger partial charge in [-0.25, -0.2) is 0 Å². The molecule has 1 N–H and O–H groups in total. The normalized spacial score (nSPS) is 13.2. The Morgan fingerprint density at radius 1 is 1.00 bits per heavy atom. The summed E-state index contributed by atoms with van der Waals surface area (Å²) >= 11 is 0. The molecule has 1 aromatic rings. The van der Waals surface area contributed by atoms with Crippen LogP contribution in [0.1, 0.15) is 47.1 Å². The number of hydrogen-bond acceptors (Lipinski definition) is 4. The lowest BCUT2D eigenvalue weighted by atomic mass is 9.87. The first kappa shape index (κ1) is 18.0. The molecule has 0 heterocycles. The highest BCUT2D eigenvalue weighted by Crippen LogP contribution is 2.24. The SMILES string of the molecule is CC(C)(C)NCCS(=O)(=O)Oc1ccc(C(C)(C)C)cc1. The second kappa shape index (κ2) is 6.36. The van der Waals surface area contributed by atoms with Gasteiger partial charge in [-0.3, -0.25) is 0 Å². The summed E-state index contributed by atoms with van der Waals surface area (Å²) in [4.78, 5) is 0. The van der Waals surface area contributed by atoms with Gasteiger partial charge in [-0.2, -0.15) is 8.42 Å². The molecule has 0 aliphatic rings. The van der Waals surface area contributed by atoms with Crippen LogP contribution in [0, 0.1) is 0 Å². The van der Waals surface area contributed by atoms with Crippen LogP contribution in [0.25, 0.3) is 0 Å². The standard InChI is InChI=1S/C16H27NO3S/c1-15(2,3)13-7-9-14(10-8-13)20-21(18,19)12-11-17-16(4,5)6/h7-10,17H,11-12H2,1-6H3. The lowest BCUT2D eigenvalue weighted by Crippen LogP contribution is -2.39. The summed E-state index contributed by atoms with van der Waals surface area (Å²) in [6, 6.07) is 7.21. The fourth-order valence-corrected chi connectivity index (χ4v) is 2.59. The van der Waals surface area contributed by atoms with E-state index in [2.05, 4.69) is 26.1 Å². The van der Waals surface area contributed by atoms with E-state index in [0.29, 0.717) is 12.3 Å². The monoisotopic (exact) mass is 313 g/mol. The summed E-state index contributed by atoms with van der Waals surface area (Å²) < 4.78 is 28.9. The summed E-state index contributed by atoms with van der Waals surface area (Å²) in [5.74, 6) is 0.310. The molecule has 0 aromatic heterocycles. The Labute approximate surface area is 129 Å². The van der Waals surface area contributed by atoms with Crippen LogP contribution in [0.5, 0.6) is 5.75 Å². The number of nitrogens with one attached hydrogen (secondary N) is 1. The molecule has 21 heavy (non-hydrogen) atoms. The molecule has 120 valence electrons. The van der Waals surface area contributed by atoms with Gasteiger partial charge in [0, 0.05) is 12.1 Å². The summed E-state index contributed by atoms with van der Waals surface area (Å²) in [5.41, 5.74) is 1.07. The third kappa shape index (κ3) is 6.96. The molecular formula is C16H27NO3S. The van der Waals surface area contributed by atoms with Crippen LogP contribution in [0.15, 0.2) is 24.3 Å². The molecule has 0 bridgehead atoms. The van der Waals surface area contributed by atoms with Gasteiger partial charge in [0.2, 0.25) is 0 Å². The van der Waals surface area contributed by atoms with E-state index in [-0.39, 0.29) is 16.7 Å². The third-order valence-corrected chi connectivity index (χ3v) is 4.10. The predicted octanol–water partition coefficient (Wildman–Crippen LogP) is 3.08. The molecular weight excluding hydrogens is 286 g/mol. The van der Waals surface area contributed by atoms with Gasteiger partial charge in [-0.05, 0) is 43.9 Å². The largest absolute Gasteiger partial charge is 0.382 e. The Bertz CT molecular complexity index is 549. The second-order valence-electron chi connectivity index (χ2n) is 7.30. The maximum atomic E-state index is 11.9. The Balaban J connectivity index is 2.63. The Kier molecular flexibility index (Phi) is 5.45. The zero-order valence-electron chi connectivity index (χ0n) is 13.9. The van der Waals surface area contributed by atoms with E-state index in [1.54, 1.807) is 12.1 Å². The molecule has 0 atom stereocenters. The quantitative estimate of drug-likeness (QED) is 0.849. The van der Waals surface area contributed by atoms with Crippen LogP contribution < -0.4 is 9.50 Å². The van der Waals surface area contributed by atoms with Gasteiger partial charge >= 0.3 is 10.1 Å². The first-order valence-electron chi connectivity index (χ1n) is 7.17. The van der Waals surface area contributed by atoms with Crippen LogP contribution in [-0.2, 0) is 15.5 Å². The second-order valence-corrected chi connectivity index (χ2v) is 8.99. The van der Waals surface area contributed by atoms with Crippen molar-refractivity contribution in [2.45, 2.75) is 52.5 Å². The van der Waals surface area contributed by atoms with E-state index >= 15 is 0 Å². The van der Waals surface area contributed by atoms with Crippen LogP contribution in [0.3, 0.4) is 0 Å². The summed E-state index contributed by atoms with van der Waals surface area (Å²) in [6.07, 6.45) is 0. The molecule has 1 rings (SSSR count). The van der Waals surface area contributed by atoms with Crippen molar-refractivity contribution in [3.05, 3.63) is 29.8 Å². The molecule has 0 unspecified atom stereocenters. The average Bonchev–Trinajstić information content (AvgIpc) is 2.25. The maximum absolute atomic E-state index is 11.9. The van der Waals surface area contributed by atoms with Crippen LogP contribution in [0.2, 0.25) is 0 Å². The molecule has 0 aliphatic carbocycles. The van der Waals surface area contributed by atoms with Crippen LogP contribution in [0.4, 0.5) is 0 Å². The molecule has 0 saturated carbocycles. The van der Waals surface area contributed by atoms with E-state index in [1.165, 1.54) is 0 Å². The van der Waals surface area contributed by atoms with Crippen molar-refractivity contribution >= 4 is 10.1 Å². The molecule has 0 aliphatic heterocycles. The van der Waals surface area contributed by atoms with Crippen molar-refractivity contribution in [2.24, 2.45) is 0 Å². The minimum atomic E-state index is -3.57. The summed E-state index contributed by atoms with van der Waals surface area (Å²) in [5, 5.41) is 3.13. The molecule has 0 radical (unpaired) electrons. The van der Waals surface area contributed by atoms with Gasteiger partial charge < -0.3 is 9.50 Å². The summed E-state index contributed by atoms with van der Waals surface area (Å²) in [6.45, 7) is 12.7. The van der Waals surface area contributed by atoms with Gasteiger partial charge in [0.1, 0.15) is 5.75 Å². The lowest BCUT2D eigenvalue weighted by molar-refractivity contribution is 0.431. The molecule has 0 amide bonds. The predicted molar refractivity (Wildman–Crippen MR) is 87.3 cm³/mol. The Morgan fingerprint density at radius 2 is 1.52 bits per heavy atom. The first-order chi connectivity index (χ1) is 9.39. The highest BCUT2D eigenvalue weighted by atomic mass is 32.2. The van der Waals surface area contributed by atoms with Gasteiger partial charge in [0.25, 0.3) is 0 Å². The van der Waals surface area contributed by atoms with Crippen LogP contribution in [-0.4, -0.2) is 26.3 Å². The lowest BCUT2D eigenvalue weighted by Gasteiger charge is -2.20. The molecule has 5 heteroatoms. The zero-order chi connectivity index (χ0) is 16.3. The Morgan fingerprint density at radius 3 is 1.95 bits per heavy atom. The first-order valence-corrected chi connectivity index (χ1v) is 8.75. The fraction of sp³-hybridized carbons (Fsp3) is 0.625. The molecule has 0 saturated heterocycles. The fourth-order valence-electron chi connectivity index (χ4n) is 1.75. The maximum Gasteiger partial charge on any atom is 0.310 e. The van der Waals surface area contributed by atoms with E-state index < -0.39 is 10.1 Å². The Hall–Kier alpha value is -1.07. The minimum absolute atomic E-state index is 0.0357. The van der Waals surface area contributed by atoms with Gasteiger partial charge in [-0.1, -0.05) is 32.9 Å². The van der Waals surface area contributed by atoms with E-state index in [4.69, 9.17) is 4.18 Å². The van der Waals surface area contributed by atoms with Gasteiger partial charge in [0.05, 0.1) is 5.75 Å². The van der Waals surface area contributed by atoms with Crippen molar-refractivity contribution in [3.8, 4) is 5.75 Å². The molecule has 1 aromatic carbocycles. The van der Waals surface area contributed by atoms with Crippen molar-refractivity contribution in [2.75, 3.05) is 12.3 Å².